The van der Waals surface area contributed by atoms with Gasteiger partial charge in [0.2, 0.25) is 0 Å². The van der Waals surface area contributed by atoms with Crippen molar-refractivity contribution in [3.05, 3.63) is 77.5 Å². The molecule has 1 amide bonds. The van der Waals surface area contributed by atoms with E-state index in [0.717, 1.165) is 5.69 Å². The van der Waals surface area contributed by atoms with E-state index in [1.807, 2.05) is 6.07 Å². The predicted octanol–water partition coefficient (Wildman–Crippen LogP) is 2.81. The van der Waals surface area contributed by atoms with Crippen molar-refractivity contribution in [1.82, 2.24) is 10.2 Å². The third-order valence-corrected chi connectivity index (χ3v) is 4.55. The third-order valence-electron chi connectivity index (χ3n) is 4.55. The molecule has 3 rings (SSSR count). The molecule has 5 nitrogen and oxygen atoms in total. The van der Waals surface area contributed by atoms with Crippen LogP contribution in [0.5, 0.6) is 0 Å². The number of anilines is 1. The molecular weight excluding hydrogens is 362 g/mol. The molecule has 0 spiro atoms. The SMILES string of the molecule is N#C/C(=C/NCc1cccc(F)c1)C(=O)N1CCN(c2ccc(F)cc2)CC1. The summed E-state index contributed by atoms with van der Waals surface area (Å²) in [5.74, 6) is -0.959. The van der Waals surface area contributed by atoms with Gasteiger partial charge in [0, 0.05) is 44.6 Å². The van der Waals surface area contributed by atoms with Crippen molar-refractivity contribution in [2.24, 2.45) is 0 Å². The maximum Gasteiger partial charge on any atom is 0.266 e. The van der Waals surface area contributed by atoms with Gasteiger partial charge in [0.05, 0.1) is 0 Å². The van der Waals surface area contributed by atoms with Gasteiger partial charge in [0.25, 0.3) is 5.91 Å². The molecule has 2 aromatic carbocycles. The third kappa shape index (κ3) is 4.86. The fraction of sp³-hybridized carbons (Fsp3) is 0.238. The molecule has 0 unspecified atom stereocenters. The predicted molar refractivity (Wildman–Crippen MR) is 102 cm³/mol. The molecule has 1 aliphatic heterocycles. The minimum atomic E-state index is -0.340. The molecule has 1 N–H and O–H groups in total. The Bertz CT molecular complexity index is 897. The number of rotatable bonds is 5. The molecule has 0 radical (unpaired) electrons. The van der Waals surface area contributed by atoms with E-state index in [1.54, 1.807) is 29.2 Å². The molecule has 0 atom stereocenters. The molecule has 2 aromatic rings. The Labute approximate surface area is 162 Å². The minimum Gasteiger partial charge on any atom is -0.386 e. The lowest BCUT2D eigenvalue weighted by Crippen LogP contribution is -2.49. The number of hydrogen-bond donors (Lipinski definition) is 1. The van der Waals surface area contributed by atoms with E-state index in [-0.39, 0.29) is 23.1 Å². The summed E-state index contributed by atoms with van der Waals surface area (Å²) in [4.78, 5) is 16.3. The monoisotopic (exact) mass is 382 g/mol. The first-order chi connectivity index (χ1) is 13.6. The summed E-state index contributed by atoms with van der Waals surface area (Å²) in [6.45, 7) is 2.46. The van der Waals surface area contributed by atoms with Crippen LogP contribution < -0.4 is 10.2 Å². The average Bonchev–Trinajstić information content (AvgIpc) is 2.72. The molecule has 1 saturated heterocycles. The van der Waals surface area contributed by atoms with Crippen LogP contribution in [0.15, 0.2) is 60.3 Å². The number of carbonyl (C=O) groups excluding carboxylic acids is 1. The molecule has 144 valence electrons. The van der Waals surface area contributed by atoms with E-state index in [1.165, 1.54) is 30.5 Å². The van der Waals surface area contributed by atoms with Gasteiger partial charge in [-0.25, -0.2) is 8.78 Å². The van der Waals surface area contributed by atoms with Gasteiger partial charge in [-0.3, -0.25) is 4.79 Å². The highest BCUT2D eigenvalue weighted by atomic mass is 19.1. The Morgan fingerprint density at radius 1 is 1.07 bits per heavy atom. The highest BCUT2D eigenvalue weighted by Crippen LogP contribution is 2.17. The number of carbonyl (C=O) groups is 1. The quantitative estimate of drug-likeness (QED) is 0.638. The smallest absolute Gasteiger partial charge is 0.266 e. The first kappa shape index (κ1) is 19.4. The van der Waals surface area contributed by atoms with Crippen LogP contribution in [0.2, 0.25) is 0 Å². The first-order valence-corrected chi connectivity index (χ1v) is 8.95. The van der Waals surface area contributed by atoms with Crippen LogP contribution in [0.3, 0.4) is 0 Å². The molecular formula is C21H20F2N4O. The van der Waals surface area contributed by atoms with Crippen LogP contribution in [-0.2, 0) is 11.3 Å². The second-order valence-corrected chi connectivity index (χ2v) is 6.44. The Hall–Kier alpha value is -3.40. The van der Waals surface area contributed by atoms with Crippen molar-refractivity contribution >= 4 is 11.6 Å². The van der Waals surface area contributed by atoms with Crippen LogP contribution >= 0.6 is 0 Å². The fourth-order valence-electron chi connectivity index (χ4n) is 3.05. The van der Waals surface area contributed by atoms with E-state index in [4.69, 9.17) is 0 Å². The van der Waals surface area contributed by atoms with Gasteiger partial charge in [-0.05, 0) is 42.0 Å². The van der Waals surface area contributed by atoms with Crippen LogP contribution in [0, 0.1) is 23.0 Å². The second kappa shape index (κ2) is 9.00. The molecule has 7 heteroatoms. The van der Waals surface area contributed by atoms with Crippen molar-refractivity contribution in [2.75, 3.05) is 31.1 Å². The summed E-state index contributed by atoms with van der Waals surface area (Å²) >= 11 is 0. The normalized spacial score (nSPS) is 14.5. The summed E-state index contributed by atoms with van der Waals surface area (Å²) in [7, 11) is 0. The number of hydrogen-bond acceptors (Lipinski definition) is 4. The summed E-state index contributed by atoms with van der Waals surface area (Å²) in [5, 5.41) is 12.2. The van der Waals surface area contributed by atoms with Gasteiger partial charge >= 0.3 is 0 Å². The van der Waals surface area contributed by atoms with Crippen LogP contribution in [0.4, 0.5) is 14.5 Å². The van der Waals surface area contributed by atoms with Gasteiger partial charge in [0.15, 0.2) is 0 Å². The van der Waals surface area contributed by atoms with E-state index in [2.05, 4.69) is 10.2 Å². The van der Waals surface area contributed by atoms with E-state index in [0.29, 0.717) is 38.3 Å². The van der Waals surface area contributed by atoms with E-state index < -0.39 is 0 Å². The van der Waals surface area contributed by atoms with Gasteiger partial charge in [-0.15, -0.1) is 0 Å². The standard InChI is InChI=1S/C21H20F2N4O/c22-18-4-6-20(7-5-18)26-8-10-27(11-9-26)21(28)17(13-24)15-25-14-16-2-1-3-19(23)12-16/h1-7,12,15,25H,8-11,14H2/b17-15-. The zero-order chi connectivity index (χ0) is 19.9. The van der Waals surface area contributed by atoms with E-state index >= 15 is 0 Å². The lowest BCUT2D eigenvalue weighted by atomic mass is 10.2. The number of nitrogens with one attached hydrogen (secondary N) is 1. The van der Waals surface area contributed by atoms with Gasteiger partial charge in [-0.1, -0.05) is 12.1 Å². The molecule has 0 aromatic heterocycles. The molecule has 1 fully saturated rings. The van der Waals surface area contributed by atoms with Crippen molar-refractivity contribution in [1.29, 1.82) is 5.26 Å². The highest BCUT2D eigenvalue weighted by molar-refractivity contribution is 5.97. The van der Waals surface area contributed by atoms with Crippen molar-refractivity contribution < 1.29 is 13.6 Å². The second-order valence-electron chi connectivity index (χ2n) is 6.44. The fourth-order valence-corrected chi connectivity index (χ4v) is 3.05. The van der Waals surface area contributed by atoms with Gasteiger partial charge in [-0.2, -0.15) is 5.26 Å². The lowest BCUT2D eigenvalue weighted by Gasteiger charge is -2.36. The zero-order valence-electron chi connectivity index (χ0n) is 15.2. The Balaban J connectivity index is 1.55. The van der Waals surface area contributed by atoms with Crippen LogP contribution in [-0.4, -0.2) is 37.0 Å². The Morgan fingerprint density at radius 3 is 2.43 bits per heavy atom. The molecule has 0 saturated carbocycles. The van der Waals surface area contributed by atoms with E-state index in [9.17, 15) is 18.8 Å². The molecule has 1 aliphatic rings. The van der Waals surface area contributed by atoms with Crippen LogP contribution in [0.25, 0.3) is 0 Å². The molecule has 1 heterocycles. The van der Waals surface area contributed by atoms with Crippen LogP contribution in [0.1, 0.15) is 5.56 Å². The molecule has 0 aliphatic carbocycles. The Morgan fingerprint density at radius 2 is 1.79 bits per heavy atom. The summed E-state index contributed by atoms with van der Waals surface area (Å²) in [6.07, 6.45) is 1.37. The van der Waals surface area contributed by atoms with Gasteiger partial charge < -0.3 is 15.1 Å². The number of nitriles is 1. The molecule has 0 bridgehead atoms. The number of halogens is 2. The number of benzene rings is 2. The number of amides is 1. The summed E-state index contributed by atoms with van der Waals surface area (Å²) in [5.41, 5.74) is 1.63. The Kier molecular flexibility index (Phi) is 6.22. The number of nitrogens with zero attached hydrogens (tertiary/aromatic N) is 3. The summed E-state index contributed by atoms with van der Waals surface area (Å²) in [6, 6.07) is 14.3. The maximum absolute atomic E-state index is 13.2. The highest BCUT2D eigenvalue weighted by Gasteiger charge is 2.23. The first-order valence-electron chi connectivity index (χ1n) is 8.95. The van der Waals surface area contributed by atoms with Crippen molar-refractivity contribution in [3.8, 4) is 6.07 Å². The average molecular weight is 382 g/mol. The zero-order valence-corrected chi connectivity index (χ0v) is 15.2. The summed E-state index contributed by atoms with van der Waals surface area (Å²) < 4.78 is 26.2. The van der Waals surface area contributed by atoms with Crippen molar-refractivity contribution in [2.45, 2.75) is 6.54 Å². The molecule has 28 heavy (non-hydrogen) atoms. The topological polar surface area (TPSA) is 59.4 Å². The van der Waals surface area contributed by atoms with Gasteiger partial charge in [0.1, 0.15) is 23.3 Å². The number of piperazine rings is 1. The minimum absolute atomic E-state index is 0.00614. The largest absolute Gasteiger partial charge is 0.386 e. The lowest BCUT2D eigenvalue weighted by molar-refractivity contribution is -0.127. The van der Waals surface area contributed by atoms with Crippen molar-refractivity contribution in [3.63, 3.8) is 0 Å². The maximum atomic E-state index is 13.2.